The molecule has 4 aromatic rings. The van der Waals surface area contributed by atoms with E-state index in [0.717, 1.165) is 22.7 Å². The van der Waals surface area contributed by atoms with E-state index >= 15 is 0 Å². The zero-order chi connectivity index (χ0) is 23.7. The Morgan fingerprint density at radius 3 is 2.47 bits per heavy atom. The van der Waals surface area contributed by atoms with Gasteiger partial charge in [0.05, 0.1) is 23.8 Å². The van der Waals surface area contributed by atoms with Crippen molar-refractivity contribution in [3.05, 3.63) is 107 Å². The summed E-state index contributed by atoms with van der Waals surface area (Å²) in [6, 6.07) is 22.9. The Hall–Kier alpha value is -4.24. The lowest BCUT2D eigenvalue weighted by Crippen LogP contribution is -2.29. The number of pyridine rings is 1. The van der Waals surface area contributed by atoms with E-state index in [1.165, 1.54) is 12.1 Å². The quantitative estimate of drug-likeness (QED) is 0.225. The summed E-state index contributed by atoms with van der Waals surface area (Å²) in [5.41, 5.74) is 2.49. The Bertz CT molecular complexity index is 1320. The fourth-order valence-electron chi connectivity index (χ4n) is 4.08. The molecular weight excluding hydrogens is 452 g/mol. The summed E-state index contributed by atoms with van der Waals surface area (Å²) in [6.45, 7) is 0. The van der Waals surface area contributed by atoms with Crippen molar-refractivity contribution in [1.29, 1.82) is 0 Å². The first-order valence-corrected chi connectivity index (χ1v) is 11.0. The van der Waals surface area contributed by atoms with Gasteiger partial charge < -0.3 is 19.4 Å². The molecule has 0 amide bonds. The smallest absolute Gasteiger partial charge is 0.269 e. The van der Waals surface area contributed by atoms with Gasteiger partial charge in [-0.3, -0.25) is 15.1 Å². The predicted molar refractivity (Wildman–Crippen MR) is 132 cm³/mol. The zero-order valence-corrected chi connectivity index (χ0v) is 18.9. The maximum absolute atomic E-state index is 11.0. The topological polar surface area (TPSA) is 93.7 Å². The molecule has 1 N–H and O–H groups in total. The van der Waals surface area contributed by atoms with Crippen LogP contribution in [0.2, 0.25) is 0 Å². The maximum atomic E-state index is 11.0. The van der Waals surface area contributed by atoms with Crippen LogP contribution in [0.4, 0.5) is 11.4 Å². The molecule has 0 radical (unpaired) electrons. The Kier molecular flexibility index (Phi) is 5.69. The van der Waals surface area contributed by atoms with Gasteiger partial charge in [0.25, 0.3) is 5.69 Å². The molecule has 8 nitrogen and oxygen atoms in total. The Balaban J connectivity index is 1.55. The number of nitro groups is 1. The van der Waals surface area contributed by atoms with E-state index in [1.54, 1.807) is 25.4 Å². The molecule has 2 aromatic heterocycles. The standard InChI is InChI=1S/C25H20N4O4S/c1-32-19-11-9-17(10-12-19)28-24(23(27-25(28)34)20-4-2-3-15-26-20)22-14-13-21(33-22)16-5-7-18(8-6-16)29(30)31/h2-15,23-24H,1H3,(H,27,34)/t23-,24-/m1/s1. The molecule has 170 valence electrons. The van der Waals surface area contributed by atoms with Crippen molar-refractivity contribution in [3.63, 3.8) is 0 Å². The number of rotatable bonds is 6. The van der Waals surface area contributed by atoms with Crippen LogP contribution >= 0.6 is 12.2 Å². The van der Waals surface area contributed by atoms with Crippen LogP contribution in [0.5, 0.6) is 5.75 Å². The monoisotopic (exact) mass is 472 g/mol. The number of furan rings is 1. The molecule has 0 aliphatic carbocycles. The van der Waals surface area contributed by atoms with Crippen LogP contribution < -0.4 is 15.0 Å². The van der Waals surface area contributed by atoms with Gasteiger partial charge in [-0.15, -0.1) is 0 Å². The number of aromatic nitrogens is 1. The first kappa shape index (κ1) is 21.6. The normalized spacial score (nSPS) is 17.4. The number of methoxy groups -OCH3 is 1. The van der Waals surface area contributed by atoms with Gasteiger partial charge in [0.1, 0.15) is 23.3 Å². The minimum Gasteiger partial charge on any atom is -0.497 e. The summed E-state index contributed by atoms with van der Waals surface area (Å²) in [7, 11) is 1.62. The summed E-state index contributed by atoms with van der Waals surface area (Å²) in [5.74, 6) is 2.04. The van der Waals surface area contributed by atoms with Gasteiger partial charge in [0.2, 0.25) is 0 Å². The predicted octanol–water partition coefficient (Wildman–Crippen LogP) is 5.44. The molecule has 0 saturated carbocycles. The molecule has 1 fully saturated rings. The number of hydrogen-bond donors (Lipinski definition) is 1. The van der Waals surface area contributed by atoms with Crippen molar-refractivity contribution >= 4 is 28.7 Å². The number of ether oxygens (including phenoxy) is 1. The first-order valence-electron chi connectivity index (χ1n) is 10.5. The van der Waals surface area contributed by atoms with Crippen molar-refractivity contribution < 1.29 is 14.1 Å². The summed E-state index contributed by atoms with van der Waals surface area (Å²) in [6.07, 6.45) is 1.75. The van der Waals surface area contributed by atoms with E-state index in [9.17, 15) is 10.1 Å². The summed E-state index contributed by atoms with van der Waals surface area (Å²) in [4.78, 5) is 17.1. The van der Waals surface area contributed by atoms with E-state index in [0.29, 0.717) is 16.6 Å². The third-order valence-corrected chi connectivity index (χ3v) is 6.04. The van der Waals surface area contributed by atoms with Gasteiger partial charge in [-0.25, -0.2) is 0 Å². The van der Waals surface area contributed by atoms with E-state index < -0.39 is 4.92 Å². The third-order valence-electron chi connectivity index (χ3n) is 5.73. The Labute approximate surface area is 201 Å². The second kappa shape index (κ2) is 8.95. The molecule has 34 heavy (non-hydrogen) atoms. The van der Waals surface area contributed by atoms with E-state index in [2.05, 4.69) is 10.3 Å². The average Bonchev–Trinajstić information content (AvgIpc) is 3.49. The molecule has 1 aliphatic heterocycles. The summed E-state index contributed by atoms with van der Waals surface area (Å²) in [5, 5.41) is 14.9. The van der Waals surface area contributed by atoms with Gasteiger partial charge in [0, 0.05) is 29.6 Å². The lowest BCUT2D eigenvalue weighted by atomic mass is 10.0. The van der Waals surface area contributed by atoms with Gasteiger partial charge in [-0.05, 0) is 72.9 Å². The van der Waals surface area contributed by atoms with Gasteiger partial charge in [0.15, 0.2) is 5.11 Å². The second-order valence-corrected chi connectivity index (χ2v) is 8.09. The average molecular weight is 473 g/mol. The summed E-state index contributed by atoms with van der Waals surface area (Å²) >= 11 is 5.73. The minimum atomic E-state index is -0.424. The van der Waals surface area contributed by atoms with Crippen molar-refractivity contribution in [2.75, 3.05) is 12.0 Å². The minimum absolute atomic E-state index is 0.0294. The second-order valence-electron chi connectivity index (χ2n) is 7.70. The van der Waals surface area contributed by atoms with Crippen molar-refractivity contribution in [3.8, 4) is 17.1 Å². The highest BCUT2D eigenvalue weighted by molar-refractivity contribution is 7.80. The number of nitrogens with one attached hydrogen (secondary N) is 1. The SMILES string of the molecule is COc1ccc(N2C(=S)N[C@H](c3ccccn3)[C@H]2c2ccc(-c3ccc([N+](=O)[O-])cc3)o2)cc1. The number of hydrogen-bond acceptors (Lipinski definition) is 6. The molecule has 1 saturated heterocycles. The molecular formula is C25H20N4O4S. The van der Waals surface area contributed by atoms with Crippen molar-refractivity contribution in [1.82, 2.24) is 10.3 Å². The molecule has 0 spiro atoms. The van der Waals surface area contributed by atoms with Crippen molar-refractivity contribution in [2.45, 2.75) is 12.1 Å². The number of nitro benzene ring substituents is 1. The molecule has 9 heteroatoms. The number of anilines is 1. The number of non-ortho nitro benzene ring substituents is 1. The largest absolute Gasteiger partial charge is 0.497 e. The molecule has 5 rings (SSSR count). The van der Waals surface area contributed by atoms with Crippen LogP contribution in [-0.4, -0.2) is 22.1 Å². The van der Waals surface area contributed by atoms with Crippen LogP contribution in [0.1, 0.15) is 23.5 Å². The molecule has 0 unspecified atom stereocenters. The fraction of sp³-hybridized carbons (Fsp3) is 0.120. The van der Waals surface area contributed by atoms with Gasteiger partial charge in [-0.2, -0.15) is 0 Å². The van der Waals surface area contributed by atoms with Gasteiger partial charge in [-0.1, -0.05) is 6.07 Å². The maximum Gasteiger partial charge on any atom is 0.269 e. The van der Waals surface area contributed by atoms with Crippen LogP contribution in [0.15, 0.2) is 89.5 Å². The lowest BCUT2D eigenvalue weighted by molar-refractivity contribution is -0.384. The molecule has 3 heterocycles. The third kappa shape index (κ3) is 3.97. The highest BCUT2D eigenvalue weighted by Gasteiger charge is 2.42. The molecule has 2 aromatic carbocycles. The molecule has 2 atom stereocenters. The van der Waals surface area contributed by atoms with E-state index in [1.807, 2.05) is 59.5 Å². The number of thiocarbonyl (C=S) groups is 1. The fourth-order valence-corrected chi connectivity index (χ4v) is 4.43. The van der Waals surface area contributed by atoms with E-state index in [-0.39, 0.29) is 17.8 Å². The van der Waals surface area contributed by atoms with Crippen LogP contribution in [-0.2, 0) is 0 Å². The van der Waals surface area contributed by atoms with Crippen LogP contribution in [0, 0.1) is 10.1 Å². The van der Waals surface area contributed by atoms with E-state index in [4.69, 9.17) is 21.4 Å². The van der Waals surface area contributed by atoms with Gasteiger partial charge >= 0.3 is 0 Å². The number of benzene rings is 2. The molecule has 1 aliphatic rings. The lowest BCUT2D eigenvalue weighted by Gasteiger charge is -2.26. The van der Waals surface area contributed by atoms with Crippen LogP contribution in [0.3, 0.4) is 0 Å². The highest BCUT2D eigenvalue weighted by atomic mass is 32.1. The zero-order valence-electron chi connectivity index (χ0n) is 18.1. The van der Waals surface area contributed by atoms with Crippen molar-refractivity contribution in [2.24, 2.45) is 0 Å². The summed E-state index contributed by atoms with van der Waals surface area (Å²) < 4.78 is 11.6. The Morgan fingerprint density at radius 2 is 1.82 bits per heavy atom. The first-order chi connectivity index (χ1) is 16.5. The molecule has 0 bridgehead atoms. The number of nitrogens with zero attached hydrogens (tertiary/aromatic N) is 3. The highest BCUT2D eigenvalue weighted by Crippen LogP contribution is 2.43. The van der Waals surface area contributed by atoms with Crippen LogP contribution in [0.25, 0.3) is 11.3 Å². The Morgan fingerprint density at radius 1 is 1.06 bits per heavy atom.